The van der Waals surface area contributed by atoms with E-state index in [1.807, 2.05) is 30.3 Å². The molecule has 0 aliphatic carbocycles. The van der Waals surface area contributed by atoms with Crippen LogP contribution in [0.5, 0.6) is 11.5 Å². The third kappa shape index (κ3) is 6.18. The van der Waals surface area contributed by atoms with Crippen LogP contribution >= 0.6 is 12.4 Å². The molecule has 0 unspecified atom stereocenters. The van der Waals surface area contributed by atoms with Crippen LogP contribution in [0.1, 0.15) is 11.1 Å². The maximum atomic E-state index is 12.5. The van der Waals surface area contributed by atoms with E-state index in [4.69, 9.17) is 10.5 Å². The number of halogens is 4. The normalized spacial score (nSPS) is 10.9. The standard InChI is InChI=1S/C21H18F3NO2.ClH/c22-21(23,24)27-20-11-16(13-25)10-18(12-20)17-6-8-19(9-7-17)26-14-15-4-2-1-3-5-15;/h1-12H,13-14,25H2;1H. The van der Waals surface area contributed by atoms with Crippen LogP contribution in [0.15, 0.2) is 72.8 Å². The van der Waals surface area contributed by atoms with Crippen LogP contribution in [-0.2, 0) is 13.2 Å². The summed E-state index contributed by atoms with van der Waals surface area (Å²) in [6.45, 7) is 0.548. The van der Waals surface area contributed by atoms with Gasteiger partial charge in [-0.1, -0.05) is 42.5 Å². The molecule has 3 aromatic rings. The Bertz CT molecular complexity index is 884. The van der Waals surface area contributed by atoms with Gasteiger partial charge in [0.25, 0.3) is 0 Å². The Morgan fingerprint density at radius 2 is 1.43 bits per heavy atom. The molecule has 0 spiro atoms. The highest BCUT2D eigenvalue weighted by atomic mass is 35.5. The van der Waals surface area contributed by atoms with Gasteiger partial charge in [0.15, 0.2) is 0 Å². The van der Waals surface area contributed by atoms with Crippen molar-refractivity contribution in [2.75, 3.05) is 0 Å². The SMILES string of the molecule is Cl.NCc1cc(OC(F)(F)F)cc(-c2ccc(OCc3ccccc3)cc2)c1. The monoisotopic (exact) mass is 409 g/mol. The van der Waals surface area contributed by atoms with Crippen LogP contribution in [0, 0.1) is 0 Å². The fourth-order valence-electron chi connectivity index (χ4n) is 2.62. The van der Waals surface area contributed by atoms with Crippen molar-refractivity contribution in [2.24, 2.45) is 5.73 Å². The average Bonchev–Trinajstić information content (AvgIpc) is 2.66. The van der Waals surface area contributed by atoms with Crippen molar-refractivity contribution in [3.05, 3.63) is 83.9 Å². The predicted octanol–water partition coefficient (Wildman–Crippen LogP) is 5.71. The Hall–Kier alpha value is -2.70. The second-order valence-corrected chi connectivity index (χ2v) is 5.92. The lowest BCUT2D eigenvalue weighted by Gasteiger charge is -2.13. The summed E-state index contributed by atoms with van der Waals surface area (Å²) in [5.74, 6) is 0.384. The summed E-state index contributed by atoms with van der Waals surface area (Å²) >= 11 is 0. The fraction of sp³-hybridized carbons (Fsp3) is 0.143. The lowest BCUT2D eigenvalue weighted by molar-refractivity contribution is -0.274. The lowest BCUT2D eigenvalue weighted by atomic mass is 10.0. The molecule has 0 aromatic heterocycles. The van der Waals surface area contributed by atoms with E-state index >= 15 is 0 Å². The van der Waals surface area contributed by atoms with Gasteiger partial charge in [-0.25, -0.2) is 0 Å². The lowest BCUT2D eigenvalue weighted by Crippen LogP contribution is -2.17. The molecule has 7 heteroatoms. The van der Waals surface area contributed by atoms with Crippen LogP contribution in [0.25, 0.3) is 11.1 Å². The minimum absolute atomic E-state index is 0. The molecule has 0 fully saturated rings. The zero-order chi connectivity index (χ0) is 19.3. The molecular formula is C21H19ClF3NO2. The quantitative estimate of drug-likeness (QED) is 0.567. The first-order chi connectivity index (χ1) is 12.9. The number of ether oxygens (including phenoxy) is 2. The Labute approximate surface area is 167 Å². The largest absolute Gasteiger partial charge is 0.573 e. The molecule has 3 rings (SSSR count). The van der Waals surface area contributed by atoms with E-state index in [0.29, 0.717) is 23.5 Å². The minimum atomic E-state index is -4.75. The van der Waals surface area contributed by atoms with Gasteiger partial charge in [0.1, 0.15) is 18.1 Å². The maximum absolute atomic E-state index is 12.5. The average molecular weight is 410 g/mol. The van der Waals surface area contributed by atoms with Gasteiger partial charge in [0, 0.05) is 6.54 Å². The van der Waals surface area contributed by atoms with Crippen molar-refractivity contribution >= 4 is 12.4 Å². The number of rotatable bonds is 6. The Balaban J connectivity index is 0.00000280. The molecule has 0 aliphatic heterocycles. The zero-order valence-electron chi connectivity index (χ0n) is 14.8. The van der Waals surface area contributed by atoms with Crippen LogP contribution in [0.3, 0.4) is 0 Å². The smallest absolute Gasteiger partial charge is 0.489 e. The first kappa shape index (κ1) is 21.6. The molecule has 3 nitrogen and oxygen atoms in total. The van der Waals surface area contributed by atoms with Crippen molar-refractivity contribution < 1.29 is 22.6 Å². The number of alkyl halides is 3. The molecule has 3 aromatic carbocycles. The fourth-order valence-corrected chi connectivity index (χ4v) is 2.62. The minimum Gasteiger partial charge on any atom is -0.489 e. The second-order valence-electron chi connectivity index (χ2n) is 5.92. The van der Waals surface area contributed by atoms with Crippen molar-refractivity contribution in [3.8, 4) is 22.6 Å². The van der Waals surface area contributed by atoms with Crippen LogP contribution in [0.4, 0.5) is 13.2 Å². The molecule has 28 heavy (non-hydrogen) atoms. The van der Waals surface area contributed by atoms with E-state index in [-0.39, 0.29) is 24.7 Å². The van der Waals surface area contributed by atoms with E-state index in [0.717, 1.165) is 11.1 Å². The molecule has 2 N–H and O–H groups in total. The molecule has 0 aliphatic rings. The zero-order valence-corrected chi connectivity index (χ0v) is 15.6. The van der Waals surface area contributed by atoms with Gasteiger partial charge in [0.2, 0.25) is 0 Å². The molecule has 0 saturated carbocycles. The molecule has 148 valence electrons. The first-order valence-electron chi connectivity index (χ1n) is 8.30. The summed E-state index contributed by atoms with van der Waals surface area (Å²) in [5, 5.41) is 0. The molecule has 0 heterocycles. The summed E-state index contributed by atoms with van der Waals surface area (Å²) < 4.78 is 47.3. The van der Waals surface area contributed by atoms with Crippen molar-refractivity contribution in [1.29, 1.82) is 0 Å². The molecule has 0 saturated heterocycles. The van der Waals surface area contributed by atoms with Gasteiger partial charge >= 0.3 is 6.36 Å². The van der Waals surface area contributed by atoms with Gasteiger partial charge in [-0.3, -0.25) is 0 Å². The highest BCUT2D eigenvalue weighted by Gasteiger charge is 2.31. The van der Waals surface area contributed by atoms with Gasteiger partial charge in [-0.2, -0.15) is 0 Å². The Morgan fingerprint density at radius 1 is 0.750 bits per heavy atom. The van der Waals surface area contributed by atoms with Gasteiger partial charge in [-0.05, 0) is 52.6 Å². The summed E-state index contributed by atoms with van der Waals surface area (Å²) in [4.78, 5) is 0. The van der Waals surface area contributed by atoms with Crippen molar-refractivity contribution in [1.82, 2.24) is 0 Å². The third-order valence-corrected chi connectivity index (χ3v) is 3.87. The molecule has 0 radical (unpaired) electrons. The first-order valence-corrected chi connectivity index (χ1v) is 8.30. The van der Waals surface area contributed by atoms with Gasteiger partial charge < -0.3 is 15.2 Å². The number of hydrogen-bond acceptors (Lipinski definition) is 3. The molecule has 0 bridgehead atoms. The second kappa shape index (κ2) is 9.48. The summed E-state index contributed by atoms with van der Waals surface area (Å²) in [7, 11) is 0. The predicted molar refractivity (Wildman–Crippen MR) is 104 cm³/mol. The van der Waals surface area contributed by atoms with Crippen molar-refractivity contribution in [3.63, 3.8) is 0 Å². The van der Waals surface area contributed by atoms with Crippen LogP contribution in [0.2, 0.25) is 0 Å². The Kier molecular flexibility index (Phi) is 7.31. The summed E-state index contributed by atoms with van der Waals surface area (Å²) in [6, 6.07) is 21.2. The van der Waals surface area contributed by atoms with Crippen LogP contribution in [-0.4, -0.2) is 6.36 Å². The highest BCUT2D eigenvalue weighted by Crippen LogP contribution is 2.30. The van der Waals surface area contributed by atoms with E-state index < -0.39 is 6.36 Å². The van der Waals surface area contributed by atoms with E-state index in [1.165, 1.54) is 12.1 Å². The van der Waals surface area contributed by atoms with E-state index in [9.17, 15) is 13.2 Å². The molecule has 0 atom stereocenters. The summed E-state index contributed by atoms with van der Waals surface area (Å²) in [5.41, 5.74) is 8.52. The number of benzene rings is 3. The van der Waals surface area contributed by atoms with Gasteiger partial charge in [-0.15, -0.1) is 25.6 Å². The number of hydrogen-bond donors (Lipinski definition) is 1. The van der Waals surface area contributed by atoms with Gasteiger partial charge in [0.05, 0.1) is 0 Å². The van der Waals surface area contributed by atoms with Crippen LogP contribution < -0.4 is 15.2 Å². The topological polar surface area (TPSA) is 44.5 Å². The summed E-state index contributed by atoms with van der Waals surface area (Å²) in [6.07, 6.45) is -4.75. The van der Waals surface area contributed by atoms with E-state index in [1.54, 1.807) is 30.3 Å². The van der Waals surface area contributed by atoms with Crippen molar-refractivity contribution in [2.45, 2.75) is 19.5 Å². The van der Waals surface area contributed by atoms with E-state index in [2.05, 4.69) is 4.74 Å². The number of nitrogens with two attached hydrogens (primary N) is 1. The molecule has 0 amide bonds. The highest BCUT2D eigenvalue weighted by molar-refractivity contribution is 5.85. The Morgan fingerprint density at radius 3 is 2.04 bits per heavy atom. The third-order valence-electron chi connectivity index (χ3n) is 3.87. The maximum Gasteiger partial charge on any atom is 0.573 e. The molecular weight excluding hydrogens is 391 g/mol.